The van der Waals surface area contributed by atoms with Gasteiger partial charge in [0.2, 0.25) is 0 Å². The molecule has 0 saturated heterocycles. The summed E-state index contributed by atoms with van der Waals surface area (Å²) in [6, 6.07) is 12.7. The summed E-state index contributed by atoms with van der Waals surface area (Å²) in [6.07, 6.45) is 1.43. The molecule has 6 heteroatoms. The Morgan fingerprint density at radius 1 is 1.15 bits per heavy atom. The highest BCUT2D eigenvalue weighted by molar-refractivity contribution is 5.96. The monoisotopic (exact) mass is 349 g/mol. The fourth-order valence-electron chi connectivity index (χ4n) is 2.89. The van der Waals surface area contributed by atoms with Gasteiger partial charge in [-0.2, -0.15) is 0 Å². The van der Waals surface area contributed by atoms with Crippen molar-refractivity contribution < 1.29 is 9.90 Å². The molecule has 1 heterocycles. The smallest absolute Gasteiger partial charge is 0.337 e. The maximum Gasteiger partial charge on any atom is 0.337 e. The third-order valence-electron chi connectivity index (χ3n) is 4.13. The van der Waals surface area contributed by atoms with E-state index in [4.69, 9.17) is 0 Å². The molecule has 0 saturated carbocycles. The molecule has 0 bridgehead atoms. The van der Waals surface area contributed by atoms with Gasteiger partial charge in [0.05, 0.1) is 22.5 Å². The topological polar surface area (TPSA) is 87.5 Å². The normalized spacial score (nSPS) is 11.2. The molecule has 0 fully saturated rings. The molecule has 2 N–H and O–H groups in total. The van der Waals surface area contributed by atoms with Crippen LogP contribution in [0.25, 0.3) is 5.69 Å². The molecule has 0 spiro atoms. The Kier molecular flexibility index (Phi) is 4.58. The average Bonchev–Trinajstić information content (AvgIpc) is 2.88. The predicted octanol–water partition coefficient (Wildman–Crippen LogP) is 3.54. The second-order valence-electron chi connectivity index (χ2n) is 6.17. The number of aromatic nitrogens is 2. The van der Waals surface area contributed by atoms with Crippen molar-refractivity contribution in [2.75, 3.05) is 0 Å². The van der Waals surface area contributed by atoms with Crippen LogP contribution in [0.2, 0.25) is 0 Å². The van der Waals surface area contributed by atoms with Crippen molar-refractivity contribution in [2.24, 2.45) is 4.99 Å². The molecule has 0 aliphatic heterocycles. The highest BCUT2D eigenvalue weighted by Gasteiger charge is 2.14. The van der Waals surface area contributed by atoms with Crippen molar-refractivity contribution in [3.05, 3.63) is 80.8 Å². The summed E-state index contributed by atoms with van der Waals surface area (Å²) in [5.41, 5.74) is 3.61. The van der Waals surface area contributed by atoms with Crippen molar-refractivity contribution in [3.8, 4) is 5.69 Å². The van der Waals surface area contributed by atoms with Crippen LogP contribution in [-0.2, 0) is 0 Å². The number of benzene rings is 2. The number of hydrogen-bond acceptors (Lipinski definition) is 3. The van der Waals surface area contributed by atoms with Crippen molar-refractivity contribution in [3.63, 3.8) is 0 Å². The van der Waals surface area contributed by atoms with Gasteiger partial charge in [-0.25, -0.2) is 9.48 Å². The zero-order chi connectivity index (χ0) is 18.8. The molecule has 1 aromatic heterocycles. The minimum Gasteiger partial charge on any atom is -0.478 e. The van der Waals surface area contributed by atoms with Gasteiger partial charge in [0.15, 0.2) is 0 Å². The average molecular weight is 349 g/mol. The number of nitrogens with zero attached hydrogens (tertiary/aromatic N) is 2. The molecule has 0 unspecified atom stereocenters. The molecule has 132 valence electrons. The predicted molar refractivity (Wildman–Crippen MR) is 101 cm³/mol. The molecule has 6 nitrogen and oxygen atoms in total. The zero-order valence-corrected chi connectivity index (χ0v) is 14.8. The van der Waals surface area contributed by atoms with E-state index in [9.17, 15) is 14.7 Å². The number of nitrogens with one attached hydrogen (secondary N) is 1. The number of carbonyl (C=O) groups is 1. The number of aryl methyl sites for hydroxylation is 3. The Morgan fingerprint density at radius 2 is 1.85 bits per heavy atom. The van der Waals surface area contributed by atoms with Crippen LogP contribution in [0, 0.1) is 20.8 Å². The molecule has 0 atom stereocenters. The number of para-hydroxylation sites is 1. The van der Waals surface area contributed by atoms with Crippen molar-refractivity contribution >= 4 is 17.9 Å². The summed E-state index contributed by atoms with van der Waals surface area (Å²) in [5.74, 6) is -1.04. The molecular formula is C20H19N3O3. The van der Waals surface area contributed by atoms with Gasteiger partial charge in [0, 0.05) is 11.9 Å². The number of carboxylic acid groups (broad SMARTS) is 1. The molecule has 0 radical (unpaired) electrons. The first kappa shape index (κ1) is 17.4. The van der Waals surface area contributed by atoms with E-state index < -0.39 is 5.97 Å². The number of H-pyrrole nitrogens is 1. The van der Waals surface area contributed by atoms with E-state index in [-0.39, 0.29) is 11.1 Å². The summed E-state index contributed by atoms with van der Waals surface area (Å²) in [4.78, 5) is 28.5. The molecule has 0 aliphatic carbocycles. The fraction of sp³-hybridized carbons (Fsp3) is 0.150. The Labute approximate surface area is 150 Å². The van der Waals surface area contributed by atoms with Gasteiger partial charge < -0.3 is 5.11 Å². The van der Waals surface area contributed by atoms with Crippen LogP contribution in [0.3, 0.4) is 0 Å². The lowest BCUT2D eigenvalue weighted by atomic mass is 10.0. The Morgan fingerprint density at radius 3 is 2.50 bits per heavy atom. The number of aromatic amines is 1. The minimum atomic E-state index is -1.04. The third-order valence-corrected chi connectivity index (χ3v) is 4.13. The summed E-state index contributed by atoms with van der Waals surface area (Å²) in [6.45, 7) is 5.42. The van der Waals surface area contributed by atoms with Crippen LogP contribution in [0.1, 0.15) is 32.7 Å². The molecule has 26 heavy (non-hydrogen) atoms. The van der Waals surface area contributed by atoms with Gasteiger partial charge in [-0.1, -0.05) is 24.3 Å². The van der Waals surface area contributed by atoms with Crippen LogP contribution < -0.4 is 5.56 Å². The molecule has 3 aromatic rings. The van der Waals surface area contributed by atoms with Crippen LogP contribution in [0.15, 0.2) is 52.3 Å². The Balaban J connectivity index is 2.08. The summed E-state index contributed by atoms with van der Waals surface area (Å²) >= 11 is 0. The molecule has 0 aliphatic rings. The summed E-state index contributed by atoms with van der Waals surface area (Å²) in [5, 5.41) is 12.5. The fourth-order valence-corrected chi connectivity index (χ4v) is 2.89. The van der Waals surface area contributed by atoms with E-state index in [1.807, 2.05) is 43.3 Å². The second-order valence-corrected chi connectivity index (χ2v) is 6.17. The highest BCUT2D eigenvalue weighted by Crippen LogP contribution is 2.26. The van der Waals surface area contributed by atoms with Crippen molar-refractivity contribution in [1.82, 2.24) is 9.78 Å². The number of aliphatic imine (C=N–C) groups is 1. The quantitative estimate of drug-likeness (QED) is 0.706. The minimum absolute atomic E-state index is 0.121. The first-order valence-corrected chi connectivity index (χ1v) is 8.14. The number of rotatable bonds is 4. The van der Waals surface area contributed by atoms with E-state index >= 15 is 0 Å². The van der Waals surface area contributed by atoms with E-state index in [1.165, 1.54) is 10.9 Å². The SMILES string of the molecule is Cc1cc(C)c(N=Cc2c(C)[nH]n(-c3ccccc3)c2=O)c(C(=O)O)c1. The Hall–Kier alpha value is -3.41. The maximum atomic E-state index is 12.7. The largest absolute Gasteiger partial charge is 0.478 e. The zero-order valence-electron chi connectivity index (χ0n) is 14.8. The Bertz CT molecular complexity index is 1060. The van der Waals surface area contributed by atoms with Gasteiger partial charge in [0.25, 0.3) is 5.56 Å². The highest BCUT2D eigenvalue weighted by atomic mass is 16.4. The lowest BCUT2D eigenvalue weighted by Crippen LogP contribution is -2.17. The number of carboxylic acids is 1. The maximum absolute atomic E-state index is 12.7. The van der Waals surface area contributed by atoms with E-state index in [0.717, 1.165) is 16.8 Å². The number of aromatic carboxylic acids is 1. The van der Waals surface area contributed by atoms with E-state index in [2.05, 4.69) is 10.1 Å². The lowest BCUT2D eigenvalue weighted by molar-refractivity contribution is 0.0697. The van der Waals surface area contributed by atoms with Gasteiger partial charge in [-0.15, -0.1) is 0 Å². The van der Waals surface area contributed by atoms with Gasteiger partial charge in [0.1, 0.15) is 0 Å². The lowest BCUT2D eigenvalue weighted by Gasteiger charge is -2.06. The van der Waals surface area contributed by atoms with Gasteiger partial charge in [-0.05, 0) is 50.1 Å². The van der Waals surface area contributed by atoms with Crippen LogP contribution >= 0.6 is 0 Å². The first-order valence-electron chi connectivity index (χ1n) is 8.14. The van der Waals surface area contributed by atoms with E-state index in [1.54, 1.807) is 19.9 Å². The first-order chi connectivity index (χ1) is 12.4. The van der Waals surface area contributed by atoms with Crippen LogP contribution in [0.5, 0.6) is 0 Å². The summed E-state index contributed by atoms with van der Waals surface area (Å²) < 4.78 is 1.44. The standard InChI is InChI=1S/C20H19N3O3/c1-12-9-13(2)18(16(10-12)20(25)26)21-11-17-14(3)22-23(19(17)24)15-7-5-4-6-8-15/h4-11,22H,1-3H3,(H,25,26). The molecular weight excluding hydrogens is 330 g/mol. The van der Waals surface area contributed by atoms with Crippen LogP contribution in [0.4, 0.5) is 5.69 Å². The van der Waals surface area contributed by atoms with Crippen molar-refractivity contribution in [1.29, 1.82) is 0 Å². The van der Waals surface area contributed by atoms with Gasteiger partial charge in [-0.3, -0.25) is 14.9 Å². The second kappa shape index (κ2) is 6.84. The van der Waals surface area contributed by atoms with Crippen molar-refractivity contribution in [2.45, 2.75) is 20.8 Å². The molecule has 0 amide bonds. The molecule has 3 rings (SSSR count). The van der Waals surface area contributed by atoms with Gasteiger partial charge >= 0.3 is 5.97 Å². The van der Waals surface area contributed by atoms with E-state index in [0.29, 0.717) is 16.9 Å². The van der Waals surface area contributed by atoms with Crippen LogP contribution in [-0.4, -0.2) is 27.1 Å². The third kappa shape index (κ3) is 3.21. The molecule has 2 aromatic carbocycles. The summed E-state index contributed by atoms with van der Waals surface area (Å²) in [7, 11) is 0. The number of hydrogen-bond donors (Lipinski definition) is 2.